The molecule has 0 saturated carbocycles. The number of nitrogens with two attached hydrogens (primary N) is 1. The molecule has 0 aromatic rings. The van der Waals surface area contributed by atoms with E-state index in [-0.39, 0.29) is 12.1 Å². The van der Waals surface area contributed by atoms with E-state index in [0.29, 0.717) is 12.6 Å². The first-order chi connectivity index (χ1) is 6.20. The third-order valence-corrected chi connectivity index (χ3v) is 3.21. The lowest BCUT2D eigenvalue weighted by atomic mass is 9.97. The van der Waals surface area contributed by atoms with Gasteiger partial charge in [-0.15, -0.1) is 0 Å². The molecule has 78 valence electrons. The molecule has 1 saturated heterocycles. The van der Waals surface area contributed by atoms with Crippen LogP contribution >= 0.6 is 0 Å². The molecule has 3 heteroatoms. The van der Waals surface area contributed by atoms with Gasteiger partial charge in [-0.05, 0) is 32.7 Å². The van der Waals surface area contributed by atoms with Crippen molar-refractivity contribution in [2.75, 3.05) is 13.1 Å². The summed E-state index contributed by atoms with van der Waals surface area (Å²) >= 11 is 0. The van der Waals surface area contributed by atoms with E-state index in [0.717, 1.165) is 25.8 Å². The van der Waals surface area contributed by atoms with E-state index in [1.165, 1.54) is 0 Å². The molecular formula is C10H22N2O. The van der Waals surface area contributed by atoms with Crippen molar-refractivity contribution in [2.24, 2.45) is 5.73 Å². The summed E-state index contributed by atoms with van der Waals surface area (Å²) in [4.78, 5) is 2.36. The number of rotatable bonds is 3. The Bertz CT molecular complexity index is 146. The van der Waals surface area contributed by atoms with Gasteiger partial charge in [-0.1, -0.05) is 6.92 Å². The Morgan fingerprint density at radius 1 is 1.62 bits per heavy atom. The van der Waals surface area contributed by atoms with E-state index in [1.54, 1.807) is 0 Å². The minimum absolute atomic E-state index is 0.158. The molecule has 3 N–H and O–H groups in total. The van der Waals surface area contributed by atoms with Crippen molar-refractivity contribution in [3.63, 3.8) is 0 Å². The molecule has 3 nitrogen and oxygen atoms in total. The van der Waals surface area contributed by atoms with Crippen LogP contribution in [-0.4, -0.2) is 41.3 Å². The van der Waals surface area contributed by atoms with Gasteiger partial charge in [0.25, 0.3) is 0 Å². The molecule has 0 aromatic heterocycles. The van der Waals surface area contributed by atoms with Crippen LogP contribution in [0.4, 0.5) is 0 Å². The van der Waals surface area contributed by atoms with Gasteiger partial charge in [0.05, 0.1) is 6.10 Å². The van der Waals surface area contributed by atoms with Gasteiger partial charge in [0, 0.05) is 18.6 Å². The standard InChI is InChI=1S/C10H22N2O/c1-3-9(7-11)12-6-4-5-10(13)8(12)2/h8-10,13H,3-7,11H2,1-2H3. The van der Waals surface area contributed by atoms with Crippen molar-refractivity contribution < 1.29 is 5.11 Å². The van der Waals surface area contributed by atoms with Gasteiger partial charge in [-0.3, -0.25) is 4.90 Å². The van der Waals surface area contributed by atoms with Crippen molar-refractivity contribution in [3.05, 3.63) is 0 Å². The molecule has 0 aromatic carbocycles. The Labute approximate surface area is 80.9 Å². The van der Waals surface area contributed by atoms with E-state index in [2.05, 4.69) is 18.7 Å². The molecule has 0 amide bonds. The number of piperidine rings is 1. The predicted molar refractivity (Wildman–Crippen MR) is 54.5 cm³/mol. The van der Waals surface area contributed by atoms with Crippen LogP contribution < -0.4 is 5.73 Å². The average molecular weight is 186 g/mol. The first-order valence-corrected chi connectivity index (χ1v) is 5.34. The lowest BCUT2D eigenvalue weighted by Gasteiger charge is -2.41. The van der Waals surface area contributed by atoms with Crippen molar-refractivity contribution in [1.29, 1.82) is 0 Å². The fraction of sp³-hybridized carbons (Fsp3) is 1.00. The highest BCUT2D eigenvalue weighted by molar-refractivity contribution is 4.85. The van der Waals surface area contributed by atoms with Crippen LogP contribution in [0.3, 0.4) is 0 Å². The van der Waals surface area contributed by atoms with Gasteiger partial charge < -0.3 is 10.8 Å². The fourth-order valence-corrected chi connectivity index (χ4v) is 2.20. The molecular weight excluding hydrogens is 164 g/mol. The quantitative estimate of drug-likeness (QED) is 0.677. The van der Waals surface area contributed by atoms with Crippen LogP contribution in [0, 0.1) is 0 Å². The summed E-state index contributed by atoms with van der Waals surface area (Å²) in [6.45, 7) is 6.05. The molecule has 1 heterocycles. The molecule has 1 rings (SSSR count). The van der Waals surface area contributed by atoms with E-state index < -0.39 is 0 Å². The molecule has 0 radical (unpaired) electrons. The third kappa shape index (κ3) is 2.42. The Balaban J connectivity index is 2.55. The number of hydrogen-bond acceptors (Lipinski definition) is 3. The Hall–Kier alpha value is -0.120. The maximum absolute atomic E-state index is 9.71. The average Bonchev–Trinajstić information content (AvgIpc) is 2.14. The van der Waals surface area contributed by atoms with Gasteiger partial charge in [0.1, 0.15) is 0 Å². The van der Waals surface area contributed by atoms with Gasteiger partial charge >= 0.3 is 0 Å². The number of aliphatic hydroxyl groups excluding tert-OH is 1. The molecule has 3 atom stereocenters. The molecule has 1 aliphatic heterocycles. The van der Waals surface area contributed by atoms with E-state index >= 15 is 0 Å². The Morgan fingerprint density at radius 2 is 2.31 bits per heavy atom. The summed E-state index contributed by atoms with van der Waals surface area (Å²) in [6.07, 6.45) is 2.96. The fourth-order valence-electron chi connectivity index (χ4n) is 2.20. The minimum Gasteiger partial charge on any atom is -0.392 e. The summed E-state index contributed by atoms with van der Waals surface area (Å²) < 4.78 is 0. The monoisotopic (exact) mass is 186 g/mol. The lowest BCUT2D eigenvalue weighted by Crippen LogP contribution is -2.53. The van der Waals surface area contributed by atoms with Gasteiger partial charge in [-0.2, -0.15) is 0 Å². The second-order valence-corrected chi connectivity index (χ2v) is 3.99. The largest absolute Gasteiger partial charge is 0.392 e. The zero-order chi connectivity index (χ0) is 9.84. The SMILES string of the molecule is CCC(CN)N1CCCC(O)C1C. The normalized spacial score (nSPS) is 33.2. The first kappa shape index (κ1) is 11.0. The molecule has 0 aliphatic carbocycles. The number of aliphatic hydroxyl groups is 1. The molecule has 1 aliphatic rings. The summed E-state index contributed by atoms with van der Waals surface area (Å²) in [7, 11) is 0. The van der Waals surface area contributed by atoms with Crippen molar-refractivity contribution >= 4 is 0 Å². The van der Waals surface area contributed by atoms with Crippen LogP contribution in [0.2, 0.25) is 0 Å². The minimum atomic E-state index is -0.158. The summed E-state index contributed by atoms with van der Waals surface area (Å²) in [5.74, 6) is 0. The smallest absolute Gasteiger partial charge is 0.0693 e. The van der Waals surface area contributed by atoms with Crippen LogP contribution in [0.1, 0.15) is 33.1 Å². The predicted octanol–water partition coefficient (Wildman–Crippen LogP) is 0.569. The third-order valence-electron chi connectivity index (χ3n) is 3.21. The maximum Gasteiger partial charge on any atom is 0.0693 e. The van der Waals surface area contributed by atoms with Gasteiger partial charge in [-0.25, -0.2) is 0 Å². The second kappa shape index (κ2) is 4.94. The zero-order valence-electron chi connectivity index (χ0n) is 8.74. The summed E-state index contributed by atoms with van der Waals surface area (Å²) in [5, 5.41) is 9.71. The van der Waals surface area contributed by atoms with Crippen LogP contribution in [0.25, 0.3) is 0 Å². The van der Waals surface area contributed by atoms with E-state index in [1.807, 2.05) is 0 Å². The lowest BCUT2D eigenvalue weighted by molar-refractivity contribution is -0.00259. The maximum atomic E-state index is 9.71. The summed E-state index contributed by atoms with van der Waals surface area (Å²) in [5.41, 5.74) is 5.70. The molecule has 3 unspecified atom stereocenters. The van der Waals surface area contributed by atoms with E-state index in [9.17, 15) is 5.11 Å². The molecule has 0 bridgehead atoms. The number of likely N-dealkylation sites (tertiary alicyclic amines) is 1. The second-order valence-electron chi connectivity index (χ2n) is 3.99. The first-order valence-electron chi connectivity index (χ1n) is 5.34. The van der Waals surface area contributed by atoms with Crippen LogP contribution in [0.5, 0.6) is 0 Å². The van der Waals surface area contributed by atoms with Crippen LogP contribution in [-0.2, 0) is 0 Å². The molecule has 13 heavy (non-hydrogen) atoms. The topological polar surface area (TPSA) is 49.5 Å². The summed E-state index contributed by atoms with van der Waals surface area (Å²) in [6, 6.07) is 0.729. The van der Waals surface area contributed by atoms with Crippen molar-refractivity contribution in [1.82, 2.24) is 4.90 Å². The van der Waals surface area contributed by atoms with E-state index in [4.69, 9.17) is 5.73 Å². The Morgan fingerprint density at radius 3 is 2.85 bits per heavy atom. The van der Waals surface area contributed by atoms with Gasteiger partial charge in [0.15, 0.2) is 0 Å². The zero-order valence-corrected chi connectivity index (χ0v) is 8.74. The Kier molecular flexibility index (Phi) is 4.16. The van der Waals surface area contributed by atoms with Crippen molar-refractivity contribution in [2.45, 2.75) is 51.3 Å². The number of nitrogens with zero attached hydrogens (tertiary/aromatic N) is 1. The van der Waals surface area contributed by atoms with Crippen LogP contribution in [0.15, 0.2) is 0 Å². The molecule has 0 spiro atoms. The van der Waals surface area contributed by atoms with Gasteiger partial charge in [0.2, 0.25) is 0 Å². The molecule has 1 fully saturated rings. The highest BCUT2D eigenvalue weighted by Gasteiger charge is 2.29. The number of hydrogen-bond donors (Lipinski definition) is 2. The highest BCUT2D eigenvalue weighted by atomic mass is 16.3. The highest BCUT2D eigenvalue weighted by Crippen LogP contribution is 2.20. The van der Waals surface area contributed by atoms with Crippen molar-refractivity contribution in [3.8, 4) is 0 Å².